The van der Waals surface area contributed by atoms with Gasteiger partial charge >= 0.3 is 5.69 Å². The van der Waals surface area contributed by atoms with Gasteiger partial charge in [0, 0.05) is 12.7 Å². The monoisotopic (exact) mass is 364 g/mol. The van der Waals surface area contributed by atoms with Gasteiger partial charge in [0.2, 0.25) is 0 Å². The van der Waals surface area contributed by atoms with Crippen LogP contribution in [0.2, 0.25) is 0 Å². The van der Waals surface area contributed by atoms with E-state index in [9.17, 15) is 9.59 Å². The van der Waals surface area contributed by atoms with E-state index < -0.39 is 5.69 Å². The zero-order valence-electron chi connectivity index (χ0n) is 15.2. The van der Waals surface area contributed by atoms with E-state index in [0.29, 0.717) is 30.9 Å². The van der Waals surface area contributed by atoms with Gasteiger partial charge in [-0.3, -0.25) is 19.0 Å². The lowest BCUT2D eigenvalue weighted by Crippen LogP contribution is -2.34. The second-order valence-corrected chi connectivity index (χ2v) is 6.61. The Bertz CT molecular complexity index is 1210. The van der Waals surface area contributed by atoms with E-state index in [1.807, 2.05) is 17.8 Å². The summed E-state index contributed by atoms with van der Waals surface area (Å²) in [6.07, 6.45) is 4.25. The second kappa shape index (κ2) is 6.71. The molecule has 0 radical (unpaired) electrons. The zero-order chi connectivity index (χ0) is 19.0. The first-order valence-corrected chi connectivity index (χ1v) is 8.86. The smallest absolute Gasteiger partial charge is 0.330 e. The van der Waals surface area contributed by atoms with Crippen molar-refractivity contribution in [2.45, 2.75) is 33.4 Å². The number of imidazole rings is 1. The number of aromatic nitrogens is 6. The first-order chi connectivity index (χ1) is 13.0. The summed E-state index contributed by atoms with van der Waals surface area (Å²) in [5, 5.41) is 4.37. The fourth-order valence-electron chi connectivity index (χ4n) is 3.03. The normalized spacial score (nSPS) is 11.3. The lowest BCUT2D eigenvalue weighted by atomic mass is 10.1. The molecule has 27 heavy (non-hydrogen) atoms. The predicted octanol–water partition coefficient (Wildman–Crippen LogP) is 2.04. The molecule has 8 nitrogen and oxygen atoms in total. The van der Waals surface area contributed by atoms with E-state index in [-0.39, 0.29) is 11.2 Å². The third kappa shape index (κ3) is 3.21. The Labute approximate surface area is 154 Å². The van der Waals surface area contributed by atoms with Crippen LogP contribution in [-0.2, 0) is 13.1 Å². The summed E-state index contributed by atoms with van der Waals surface area (Å²) in [5.41, 5.74) is 2.86. The van der Waals surface area contributed by atoms with Crippen molar-refractivity contribution >= 4 is 11.2 Å². The van der Waals surface area contributed by atoms with Crippen LogP contribution in [0.25, 0.3) is 22.6 Å². The highest BCUT2D eigenvalue weighted by molar-refractivity contribution is 5.74. The number of rotatable bonds is 5. The molecule has 0 unspecified atom stereocenters. The Morgan fingerprint density at radius 1 is 1.11 bits per heavy atom. The maximum absolute atomic E-state index is 12.5. The molecule has 4 rings (SSSR count). The van der Waals surface area contributed by atoms with E-state index in [4.69, 9.17) is 0 Å². The number of benzene rings is 1. The van der Waals surface area contributed by atoms with Crippen molar-refractivity contribution < 1.29 is 0 Å². The molecule has 2 N–H and O–H groups in total. The van der Waals surface area contributed by atoms with Gasteiger partial charge in [-0.1, -0.05) is 36.8 Å². The average Bonchev–Trinajstić information content (AvgIpc) is 3.27. The van der Waals surface area contributed by atoms with Gasteiger partial charge in [0.1, 0.15) is 11.3 Å². The summed E-state index contributed by atoms with van der Waals surface area (Å²) in [4.78, 5) is 34.6. The van der Waals surface area contributed by atoms with Crippen molar-refractivity contribution in [3.8, 4) is 11.4 Å². The molecule has 3 aromatic heterocycles. The Balaban J connectivity index is 1.68. The van der Waals surface area contributed by atoms with E-state index in [2.05, 4.69) is 51.2 Å². The third-order valence-corrected chi connectivity index (χ3v) is 4.45. The number of nitrogens with zero attached hydrogens (tertiary/aromatic N) is 4. The molecule has 3 heterocycles. The number of aryl methyl sites for hydroxylation is 1. The maximum atomic E-state index is 12.5. The third-order valence-electron chi connectivity index (χ3n) is 4.45. The number of fused-ring (bicyclic) bond motifs is 1. The van der Waals surface area contributed by atoms with Gasteiger partial charge in [0.05, 0.1) is 18.3 Å². The van der Waals surface area contributed by atoms with Crippen molar-refractivity contribution in [3.05, 3.63) is 68.6 Å². The van der Waals surface area contributed by atoms with Crippen molar-refractivity contribution in [1.82, 2.24) is 29.3 Å². The molecule has 4 aromatic rings. The Hall–Kier alpha value is -3.42. The Kier molecular flexibility index (Phi) is 4.23. The molecule has 138 valence electrons. The first-order valence-electron chi connectivity index (χ1n) is 8.86. The lowest BCUT2D eigenvalue weighted by Gasteiger charge is -2.01. The van der Waals surface area contributed by atoms with Crippen molar-refractivity contribution in [2.24, 2.45) is 0 Å². The zero-order valence-corrected chi connectivity index (χ0v) is 15.2. The molecule has 0 bridgehead atoms. The van der Waals surface area contributed by atoms with E-state index >= 15 is 0 Å². The van der Waals surface area contributed by atoms with Gasteiger partial charge in [0.15, 0.2) is 5.65 Å². The first kappa shape index (κ1) is 17.0. The lowest BCUT2D eigenvalue weighted by molar-refractivity contribution is 0.622. The molecule has 0 aliphatic carbocycles. The summed E-state index contributed by atoms with van der Waals surface area (Å²) >= 11 is 0. The molecular weight excluding hydrogens is 344 g/mol. The van der Waals surface area contributed by atoms with Gasteiger partial charge in [-0.15, -0.1) is 0 Å². The summed E-state index contributed by atoms with van der Waals surface area (Å²) in [7, 11) is 0. The van der Waals surface area contributed by atoms with Crippen LogP contribution in [-0.4, -0.2) is 29.3 Å². The van der Waals surface area contributed by atoms with Crippen LogP contribution in [0.5, 0.6) is 0 Å². The number of aromatic amines is 2. The SMILES string of the molecule is CCCn1c(=O)[nH]c2nc(-c3cnn(Cc4ccc(C)cc4)c3)[nH]c2c1=O. The number of H-pyrrole nitrogens is 2. The molecule has 0 saturated carbocycles. The van der Waals surface area contributed by atoms with Gasteiger partial charge < -0.3 is 4.98 Å². The molecular formula is C19H20N6O2. The van der Waals surface area contributed by atoms with E-state index in [0.717, 1.165) is 11.1 Å². The van der Waals surface area contributed by atoms with E-state index in [1.54, 1.807) is 6.20 Å². The van der Waals surface area contributed by atoms with Crippen LogP contribution in [0, 0.1) is 6.92 Å². The minimum absolute atomic E-state index is 0.263. The van der Waals surface area contributed by atoms with Crippen molar-refractivity contribution in [1.29, 1.82) is 0 Å². The molecule has 0 aliphatic rings. The largest absolute Gasteiger partial charge is 0.332 e. The van der Waals surface area contributed by atoms with Gasteiger partial charge in [-0.2, -0.15) is 5.10 Å². The van der Waals surface area contributed by atoms with Crippen molar-refractivity contribution in [3.63, 3.8) is 0 Å². The highest BCUT2D eigenvalue weighted by Gasteiger charge is 2.14. The van der Waals surface area contributed by atoms with E-state index in [1.165, 1.54) is 10.1 Å². The molecule has 1 aromatic carbocycles. The number of hydrogen-bond donors (Lipinski definition) is 2. The highest BCUT2D eigenvalue weighted by Crippen LogP contribution is 2.17. The van der Waals surface area contributed by atoms with Crippen LogP contribution in [0.1, 0.15) is 24.5 Å². The predicted molar refractivity (Wildman–Crippen MR) is 103 cm³/mol. The minimum atomic E-state index is -0.442. The van der Waals surface area contributed by atoms with Crippen molar-refractivity contribution in [2.75, 3.05) is 0 Å². The molecule has 0 spiro atoms. The van der Waals surface area contributed by atoms with Crippen LogP contribution >= 0.6 is 0 Å². The van der Waals surface area contributed by atoms with Crippen LogP contribution < -0.4 is 11.2 Å². The minimum Gasteiger partial charge on any atom is -0.332 e. The topological polar surface area (TPSA) is 101 Å². The summed E-state index contributed by atoms with van der Waals surface area (Å²) in [6, 6.07) is 8.27. The summed E-state index contributed by atoms with van der Waals surface area (Å²) in [5.74, 6) is 0.502. The molecule has 0 amide bonds. The van der Waals surface area contributed by atoms with Crippen LogP contribution in [0.3, 0.4) is 0 Å². The standard InChI is InChI=1S/C19H20N6O2/c1-3-8-25-18(26)15-17(23-19(25)27)22-16(21-15)14-9-20-24(11-14)10-13-6-4-12(2)5-7-13/h4-7,9,11H,3,8,10H2,1-2H3,(H,21,22)(H,23,27). The molecule has 0 atom stereocenters. The Morgan fingerprint density at radius 2 is 1.89 bits per heavy atom. The van der Waals surface area contributed by atoms with Crippen LogP contribution in [0.15, 0.2) is 46.2 Å². The van der Waals surface area contributed by atoms with Gasteiger partial charge in [-0.05, 0) is 18.9 Å². The molecule has 0 aliphatic heterocycles. The fraction of sp³-hybridized carbons (Fsp3) is 0.263. The molecule has 0 saturated heterocycles. The average molecular weight is 364 g/mol. The molecule has 8 heteroatoms. The summed E-state index contributed by atoms with van der Waals surface area (Å²) < 4.78 is 3.00. The summed E-state index contributed by atoms with van der Waals surface area (Å²) in [6.45, 7) is 4.97. The van der Waals surface area contributed by atoms with Gasteiger partial charge in [-0.25, -0.2) is 9.78 Å². The number of nitrogens with one attached hydrogen (secondary N) is 2. The highest BCUT2D eigenvalue weighted by atomic mass is 16.2. The fourth-order valence-corrected chi connectivity index (χ4v) is 3.03. The number of hydrogen-bond acceptors (Lipinski definition) is 4. The second-order valence-electron chi connectivity index (χ2n) is 6.61. The maximum Gasteiger partial charge on any atom is 0.330 e. The quantitative estimate of drug-likeness (QED) is 0.566. The Morgan fingerprint density at radius 3 is 2.63 bits per heavy atom. The molecule has 0 fully saturated rings. The van der Waals surface area contributed by atoms with Gasteiger partial charge in [0.25, 0.3) is 5.56 Å². The van der Waals surface area contributed by atoms with Crippen LogP contribution in [0.4, 0.5) is 0 Å².